The van der Waals surface area contributed by atoms with Gasteiger partial charge in [-0.3, -0.25) is 0 Å². The number of benzene rings is 2. The Morgan fingerprint density at radius 1 is 1.10 bits per heavy atom. The van der Waals surface area contributed by atoms with Gasteiger partial charge in [0, 0.05) is 24.9 Å². The number of hydrogen-bond donors (Lipinski definition) is 2. The number of carboxylic acid groups (broad SMARTS) is 1. The van der Waals surface area contributed by atoms with Gasteiger partial charge < -0.3 is 24.6 Å². The predicted octanol–water partition coefficient (Wildman–Crippen LogP) is 3.64. The number of halogens is 2. The van der Waals surface area contributed by atoms with Crippen LogP contribution in [0.25, 0.3) is 0 Å². The summed E-state index contributed by atoms with van der Waals surface area (Å²) in [5.41, 5.74) is 0.930. The third-order valence-corrected chi connectivity index (χ3v) is 4.87. The summed E-state index contributed by atoms with van der Waals surface area (Å²) < 4.78 is 37.4. The number of piperidine rings is 1. The van der Waals surface area contributed by atoms with Crippen molar-refractivity contribution < 1.29 is 33.3 Å². The van der Waals surface area contributed by atoms with Crippen LogP contribution in [0, 0.1) is 11.6 Å². The van der Waals surface area contributed by atoms with E-state index in [4.69, 9.17) is 14.6 Å². The molecule has 0 aromatic heterocycles. The topological polar surface area (TPSA) is 79.2 Å². The Kier molecular flexibility index (Phi) is 6.87. The molecule has 1 aliphatic heterocycles. The summed E-state index contributed by atoms with van der Waals surface area (Å²) >= 11 is 0. The van der Waals surface area contributed by atoms with E-state index in [1.807, 2.05) is 12.1 Å². The molecule has 3 rings (SSSR count). The van der Waals surface area contributed by atoms with Crippen LogP contribution in [0.4, 0.5) is 13.6 Å². The van der Waals surface area contributed by atoms with Gasteiger partial charge in [0.1, 0.15) is 11.6 Å². The Bertz CT molecular complexity index is 830. The number of nitrogens with zero attached hydrogens (tertiary/aromatic N) is 1. The molecule has 1 amide bonds. The molecule has 1 heterocycles. The van der Waals surface area contributed by atoms with Crippen LogP contribution >= 0.6 is 0 Å². The predicted molar refractivity (Wildman–Crippen MR) is 101 cm³/mol. The van der Waals surface area contributed by atoms with E-state index in [1.165, 1.54) is 4.90 Å². The Balaban J connectivity index is 1.43. The van der Waals surface area contributed by atoms with Crippen molar-refractivity contribution in [2.45, 2.75) is 24.9 Å². The summed E-state index contributed by atoms with van der Waals surface area (Å²) in [6.07, 6.45) is -0.714. The number of hydrogen-bond acceptors (Lipinski definition) is 4. The highest BCUT2D eigenvalue weighted by atomic mass is 19.1. The second-order valence-electron chi connectivity index (χ2n) is 6.89. The van der Waals surface area contributed by atoms with E-state index in [2.05, 4.69) is 0 Å². The second kappa shape index (κ2) is 9.56. The minimum absolute atomic E-state index is 0.101. The first-order valence-corrected chi connectivity index (χ1v) is 9.40. The number of aliphatic hydroxyl groups excluding tert-OH is 1. The molecule has 1 fully saturated rings. The maximum Gasteiger partial charge on any atom is 0.407 e. The number of amides is 1. The molecule has 1 saturated heterocycles. The number of likely N-dealkylation sites (tertiary alicyclic amines) is 1. The zero-order valence-corrected chi connectivity index (χ0v) is 15.8. The molecule has 2 atom stereocenters. The van der Waals surface area contributed by atoms with Crippen LogP contribution in [0.5, 0.6) is 11.5 Å². The van der Waals surface area contributed by atoms with Gasteiger partial charge in [-0.05, 0) is 36.2 Å². The van der Waals surface area contributed by atoms with Crippen molar-refractivity contribution in [1.82, 2.24) is 4.90 Å². The van der Waals surface area contributed by atoms with Crippen molar-refractivity contribution in [1.29, 1.82) is 0 Å². The van der Waals surface area contributed by atoms with Gasteiger partial charge in [0.2, 0.25) is 0 Å². The molecule has 0 aliphatic carbocycles. The van der Waals surface area contributed by atoms with Gasteiger partial charge in [0.05, 0.1) is 25.9 Å². The molecule has 1 aliphatic rings. The monoisotopic (exact) mass is 407 g/mol. The van der Waals surface area contributed by atoms with Crippen molar-refractivity contribution in [3.63, 3.8) is 0 Å². The first-order chi connectivity index (χ1) is 13.9. The number of β-amino-alcohol motifs (C(OH)–C–C–N with tert-alkyl or cyclic N) is 1. The van der Waals surface area contributed by atoms with Gasteiger partial charge in [0.25, 0.3) is 0 Å². The van der Waals surface area contributed by atoms with E-state index >= 15 is 0 Å². The smallest absolute Gasteiger partial charge is 0.407 e. The summed E-state index contributed by atoms with van der Waals surface area (Å²) in [5.74, 6) is -0.769. The SMILES string of the molecule is O=C(O)N1CCC(c2ccc(OCCCOc3cc(F)ccc3F)cc2)C(O)C1. The number of aliphatic hydroxyl groups is 1. The summed E-state index contributed by atoms with van der Waals surface area (Å²) in [6, 6.07) is 10.4. The molecule has 2 unspecified atom stereocenters. The van der Waals surface area contributed by atoms with E-state index in [0.29, 0.717) is 31.7 Å². The third kappa shape index (κ3) is 5.57. The highest BCUT2D eigenvalue weighted by molar-refractivity contribution is 5.65. The van der Waals surface area contributed by atoms with Gasteiger partial charge in [-0.15, -0.1) is 0 Å². The van der Waals surface area contributed by atoms with E-state index < -0.39 is 23.8 Å². The molecular weight excluding hydrogens is 384 g/mol. The molecule has 8 heteroatoms. The van der Waals surface area contributed by atoms with E-state index in [-0.39, 0.29) is 24.8 Å². The molecule has 0 spiro atoms. The summed E-state index contributed by atoms with van der Waals surface area (Å²) in [5, 5.41) is 19.3. The van der Waals surface area contributed by atoms with Crippen molar-refractivity contribution in [3.8, 4) is 11.5 Å². The first kappa shape index (κ1) is 20.9. The fraction of sp³-hybridized carbons (Fsp3) is 0.381. The van der Waals surface area contributed by atoms with Crippen LogP contribution in [-0.4, -0.2) is 53.6 Å². The lowest BCUT2D eigenvalue weighted by atomic mass is 9.87. The van der Waals surface area contributed by atoms with Crippen LogP contribution in [0.2, 0.25) is 0 Å². The van der Waals surface area contributed by atoms with Gasteiger partial charge >= 0.3 is 6.09 Å². The Morgan fingerprint density at radius 2 is 1.83 bits per heavy atom. The molecule has 2 aromatic carbocycles. The lowest BCUT2D eigenvalue weighted by Gasteiger charge is -2.34. The quantitative estimate of drug-likeness (QED) is 0.685. The van der Waals surface area contributed by atoms with Gasteiger partial charge in [-0.1, -0.05) is 12.1 Å². The minimum atomic E-state index is -1.02. The first-order valence-electron chi connectivity index (χ1n) is 9.40. The van der Waals surface area contributed by atoms with Gasteiger partial charge in [-0.2, -0.15) is 0 Å². The summed E-state index contributed by atoms with van der Waals surface area (Å²) in [4.78, 5) is 12.2. The lowest BCUT2D eigenvalue weighted by Crippen LogP contribution is -2.45. The zero-order chi connectivity index (χ0) is 20.8. The van der Waals surface area contributed by atoms with Crippen molar-refractivity contribution in [2.24, 2.45) is 0 Å². The minimum Gasteiger partial charge on any atom is -0.493 e. The van der Waals surface area contributed by atoms with Crippen molar-refractivity contribution in [3.05, 3.63) is 59.7 Å². The highest BCUT2D eigenvalue weighted by Gasteiger charge is 2.30. The van der Waals surface area contributed by atoms with Crippen LogP contribution in [0.15, 0.2) is 42.5 Å². The van der Waals surface area contributed by atoms with Crippen LogP contribution in [0.1, 0.15) is 24.3 Å². The molecule has 6 nitrogen and oxygen atoms in total. The van der Waals surface area contributed by atoms with E-state index in [0.717, 1.165) is 23.8 Å². The molecule has 0 saturated carbocycles. The standard InChI is InChI=1S/C21H23F2NO5/c22-15-4-7-18(23)20(12-15)29-11-1-10-28-16-5-2-14(3-6-16)17-8-9-24(21(26)27)13-19(17)25/h2-7,12,17,19,25H,1,8-11,13H2,(H,26,27). The molecule has 29 heavy (non-hydrogen) atoms. The Hall–Kier alpha value is -2.87. The number of ether oxygens (including phenoxy) is 2. The molecule has 2 aromatic rings. The number of carbonyl (C=O) groups is 1. The van der Waals surface area contributed by atoms with Crippen LogP contribution < -0.4 is 9.47 Å². The Labute approximate surface area is 167 Å². The largest absolute Gasteiger partial charge is 0.493 e. The van der Waals surface area contributed by atoms with Gasteiger partial charge in [-0.25, -0.2) is 13.6 Å². The van der Waals surface area contributed by atoms with E-state index in [1.54, 1.807) is 12.1 Å². The van der Waals surface area contributed by atoms with Gasteiger partial charge in [0.15, 0.2) is 11.6 Å². The summed E-state index contributed by atoms with van der Waals surface area (Å²) in [6.45, 7) is 1.02. The second-order valence-corrected chi connectivity index (χ2v) is 6.89. The fourth-order valence-corrected chi connectivity index (χ4v) is 3.32. The molecule has 0 radical (unpaired) electrons. The maximum absolute atomic E-state index is 13.5. The third-order valence-electron chi connectivity index (χ3n) is 4.87. The summed E-state index contributed by atoms with van der Waals surface area (Å²) in [7, 11) is 0. The molecule has 156 valence electrons. The van der Waals surface area contributed by atoms with Crippen molar-refractivity contribution >= 4 is 6.09 Å². The average Bonchev–Trinajstić information content (AvgIpc) is 2.70. The lowest BCUT2D eigenvalue weighted by molar-refractivity contribution is 0.0504. The number of rotatable bonds is 7. The van der Waals surface area contributed by atoms with Crippen LogP contribution in [-0.2, 0) is 0 Å². The normalized spacial score (nSPS) is 19.1. The van der Waals surface area contributed by atoms with Crippen LogP contribution in [0.3, 0.4) is 0 Å². The fourth-order valence-electron chi connectivity index (χ4n) is 3.32. The molecular formula is C21H23F2NO5. The van der Waals surface area contributed by atoms with Crippen molar-refractivity contribution in [2.75, 3.05) is 26.3 Å². The zero-order valence-electron chi connectivity index (χ0n) is 15.8. The molecule has 0 bridgehead atoms. The molecule has 2 N–H and O–H groups in total. The average molecular weight is 407 g/mol. The maximum atomic E-state index is 13.5. The Morgan fingerprint density at radius 3 is 2.52 bits per heavy atom. The van der Waals surface area contributed by atoms with E-state index in [9.17, 15) is 18.7 Å². The highest BCUT2D eigenvalue weighted by Crippen LogP contribution is 2.29.